The van der Waals surface area contributed by atoms with Crippen molar-refractivity contribution < 1.29 is 27.6 Å². The molecule has 1 heterocycles. The van der Waals surface area contributed by atoms with Crippen LogP contribution in [0.15, 0.2) is 28.8 Å². The number of nitrogens with zero attached hydrogens (tertiary/aromatic N) is 2. The number of carbonyl (C=O) groups is 1. The van der Waals surface area contributed by atoms with Gasteiger partial charge in [0.05, 0.1) is 5.56 Å². The summed E-state index contributed by atoms with van der Waals surface area (Å²) < 4.78 is 41.7. The Bertz CT molecular complexity index is 592. The fourth-order valence-corrected chi connectivity index (χ4v) is 1.26. The SMILES string of the molecule is O=C(O)c1nc(-c2cccc(C(F)(F)F)c2)no1. The number of hydrogen-bond acceptors (Lipinski definition) is 4. The van der Waals surface area contributed by atoms with Crippen LogP contribution in [0.5, 0.6) is 0 Å². The second-order valence-electron chi connectivity index (χ2n) is 3.31. The van der Waals surface area contributed by atoms with Crippen LogP contribution in [0, 0.1) is 0 Å². The van der Waals surface area contributed by atoms with E-state index in [4.69, 9.17) is 5.11 Å². The summed E-state index contributed by atoms with van der Waals surface area (Å²) >= 11 is 0. The van der Waals surface area contributed by atoms with Crippen molar-refractivity contribution in [3.05, 3.63) is 35.7 Å². The zero-order chi connectivity index (χ0) is 13.3. The third kappa shape index (κ3) is 2.31. The second-order valence-corrected chi connectivity index (χ2v) is 3.31. The highest BCUT2D eigenvalue weighted by atomic mass is 19.4. The predicted molar refractivity (Wildman–Crippen MR) is 51.7 cm³/mol. The van der Waals surface area contributed by atoms with E-state index in [1.54, 1.807) is 0 Å². The van der Waals surface area contributed by atoms with Crippen molar-refractivity contribution in [2.24, 2.45) is 0 Å². The topological polar surface area (TPSA) is 76.2 Å². The van der Waals surface area contributed by atoms with Gasteiger partial charge >= 0.3 is 18.0 Å². The summed E-state index contributed by atoms with van der Waals surface area (Å²) in [6, 6.07) is 4.21. The summed E-state index contributed by atoms with van der Waals surface area (Å²) in [4.78, 5) is 14.0. The molecule has 0 radical (unpaired) electrons. The van der Waals surface area contributed by atoms with Crippen molar-refractivity contribution in [1.82, 2.24) is 10.1 Å². The molecule has 94 valence electrons. The lowest BCUT2D eigenvalue weighted by Gasteiger charge is -2.06. The Labute approximate surface area is 97.9 Å². The van der Waals surface area contributed by atoms with Crippen LogP contribution in [0.1, 0.15) is 16.2 Å². The number of benzene rings is 1. The van der Waals surface area contributed by atoms with Crippen molar-refractivity contribution in [3.63, 3.8) is 0 Å². The normalized spacial score (nSPS) is 11.5. The van der Waals surface area contributed by atoms with E-state index < -0.39 is 23.6 Å². The molecule has 0 aliphatic carbocycles. The van der Waals surface area contributed by atoms with Gasteiger partial charge in [-0.2, -0.15) is 18.2 Å². The maximum Gasteiger partial charge on any atom is 0.416 e. The molecule has 1 N–H and O–H groups in total. The molecule has 8 heteroatoms. The monoisotopic (exact) mass is 258 g/mol. The molecule has 1 aromatic carbocycles. The van der Waals surface area contributed by atoms with Gasteiger partial charge in [-0.15, -0.1) is 0 Å². The Kier molecular flexibility index (Phi) is 2.77. The van der Waals surface area contributed by atoms with Crippen molar-refractivity contribution in [2.75, 3.05) is 0 Å². The Balaban J connectivity index is 2.41. The molecule has 0 aliphatic rings. The highest BCUT2D eigenvalue weighted by molar-refractivity contribution is 5.82. The smallest absolute Gasteiger partial charge is 0.416 e. The zero-order valence-corrected chi connectivity index (χ0v) is 8.60. The lowest BCUT2D eigenvalue weighted by Crippen LogP contribution is -2.04. The summed E-state index contributed by atoms with van der Waals surface area (Å²) in [6.07, 6.45) is -4.49. The van der Waals surface area contributed by atoms with Gasteiger partial charge in [0.2, 0.25) is 5.82 Å². The highest BCUT2D eigenvalue weighted by Gasteiger charge is 2.30. The maximum absolute atomic E-state index is 12.5. The molecule has 2 rings (SSSR count). The van der Waals surface area contributed by atoms with Gasteiger partial charge in [-0.05, 0) is 12.1 Å². The Morgan fingerprint density at radius 3 is 2.61 bits per heavy atom. The molecule has 0 amide bonds. The van der Waals surface area contributed by atoms with Crippen LogP contribution in [0.3, 0.4) is 0 Å². The lowest BCUT2D eigenvalue weighted by atomic mass is 10.1. The van der Waals surface area contributed by atoms with Gasteiger partial charge in [0.1, 0.15) is 0 Å². The number of rotatable bonds is 2. The van der Waals surface area contributed by atoms with Crippen molar-refractivity contribution in [1.29, 1.82) is 0 Å². The van der Waals surface area contributed by atoms with E-state index in [1.807, 2.05) is 0 Å². The first-order valence-electron chi connectivity index (χ1n) is 4.62. The van der Waals surface area contributed by atoms with Crippen molar-refractivity contribution in [2.45, 2.75) is 6.18 Å². The van der Waals surface area contributed by atoms with Gasteiger partial charge in [-0.25, -0.2) is 4.79 Å². The van der Waals surface area contributed by atoms with Crippen LogP contribution in [0.2, 0.25) is 0 Å². The summed E-state index contributed by atoms with van der Waals surface area (Å²) in [5.41, 5.74) is -0.845. The van der Waals surface area contributed by atoms with Gasteiger partial charge in [0.25, 0.3) is 0 Å². The minimum atomic E-state index is -4.49. The predicted octanol–water partition coefficient (Wildman–Crippen LogP) is 2.45. The van der Waals surface area contributed by atoms with Gasteiger partial charge in [-0.1, -0.05) is 17.3 Å². The summed E-state index contributed by atoms with van der Waals surface area (Å²) in [6.45, 7) is 0. The van der Waals surface area contributed by atoms with Crippen LogP contribution in [0.4, 0.5) is 13.2 Å². The molecule has 0 atom stereocenters. The molecule has 18 heavy (non-hydrogen) atoms. The second kappa shape index (κ2) is 4.13. The zero-order valence-electron chi connectivity index (χ0n) is 8.60. The van der Waals surface area contributed by atoms with Gasteiger partial charge in [0.15, 0.2) is 0 Å². The molecule has 0 bridgehead atoms. The first kappa shape index (κ1) is 12.1. The first-order valence-corrected chi connectivity index (χ1v) is 4.62. The van der Waals surface area contributed by atoms with Crippen LogP contribution >= 0.6 is 0 Å². The molecular weight excluding hydrogens is 253 g/mol. The van der Waals surface area contributed by atoms with Crippen LogP contribution in [-0.4, -0.2) is 21.2 Å². The largest absolute Gasteiger partial charge is 0.474 e. The van der Waals surface area contributed by atoms with E-state index in [0.717, 1.165) is 12.1 Å². The Morgan fingerprint density at radius 2 is 2.06 bits per heavy atom. The van der Waals surface area contributed by atoms with E-state index in [2.05, 4.69) is 14.7 Å². The van der Waals surface area contributed by atoms with E-state index in [0.29, 0.717) is 0 Å². The van der Waals surface area contributed by atoms with Gasteiger partial charge in [0, 0.05) is 5.56 Å². The number of halogens is 3. The standard InChI is InChI=1S/C10H5F3N2O3/c11-10(12,13)6-3-1-2-5(4-6)7-14-8(9(16)17)18-15-7/h1-4H,(H,16,17). The van der Waals surface area contributed by atoms with Gasteiger partial charge in [-0.3, -0.25) is 0 Å². The quantitative estimate of drug-likeness (QED) is 0.895. The highest BCUT2D eigenvalue weighted by Crippen LogP contribution is 2.31. The average Bonchev–Trinajstić information content (AvgIpc) is 2.77. The van der Waals surface area contributed by atoms with E-state index in [-0.39, 0.29) is 11.4 Å². The van der Waals surface area contributed by atoms with Crippen LogP contribution < -0.4 is 0 Å². The minimum Gasteiger partial charge on any atom is -0.474 e. The lowest BCUT2D eigenvalue weighted by molar-refractivity contribution is -0.137. The Morgan fingerprint density at radius 1 is 1.33 bits per heavy atom. The molecule has 0 saturated carbocycles. The fraction of sp³-hybridized carbons (Fsp3) is 0.100. The first-order chi connectivity index (χ1) is 8.38. The number of aromatic carboxylic acids is 1. The third-order valence-corrected chi connectivity index (χ3v) is 2.06. The van der Waals surface area contributed by atoms with Crippen molar-refractivity contribution >= 4 is 5.97 Å². The molecule has 5 nitrogen and oxygen atoms in total. The summed E-state index contributed by atoms with van der Waals surface area (Å²) in [5, 5.41) is 11.8. The maximum atomic E-state index is 12.5. The molecule has 0 spiro atoms. The Hall–Kier alpha value is -2.38. The van der Waals surface area contributed by atoms with Crippen molar-refractivity contribution in [3.8, 4) is 11.4 Å². The number of aromatic nitrogens is 2. The molecule has 0 fully saturated rings. The summed E-state index contributed by atoms with van der Waals surface area (Å²) in [5.74, 6) is -2.33. The average molecular weight is 258 g/mol. The molecule has 0 saturated heterocycles. The molecule has 0 aliphatic heterocycles. The van der Waals surface area contributed by atoms with E-state index in [1.165, 1.54) is 12.1 Å². The molecular formula is C10H5F3N2O3. The van der Waals surface area contributed by atoms with Crippen LogP contribution in [0.25, 0.3) is 11.4 Å². The molecule has 0 unspecified atom stereocenters. The van der Waals surface area contributed by atoms with Gasteiger partial charge < -0.3 is 9.63 Å². The molecule has 2 aromatic rings. The minimum absolute atomic E-state index is 0.0288. The number of hydrogen-bond donors (Lipinski definition) is 1. The number of carboxylic acids is 1. The molecule has 1 aromatic heterocycles. The number of alkyl halides is 3. The number of carboxylic acid groups (broad SMARTS) is 1. The van der Waals surface area contributed by atoms with Crippen LogP contribution in [-0.2, 0) is 6.18 Å². The fourth-order valence-electron chi connectivity index (χ4n) is 1.26. The summed E-state index contributed by atoms with van der Waals surface area (Å²) in [7, 11) is 0. The third-order valence-electron chi connectivity index (χ3n) is 2.06. The van der Waals surface area contributed by atoms with E-state index in [9.17, 15) is 18.0 Å². The van der Waals surface area contributed by atoms with E-state index >= 15 is 0 Å².